The average molecular weight is 502 g/mol. The van der Waals surface area contributed by atoms with Crippen LogP contribution in [-0.4, -0.2) is 60.6 Å². The fraction of sp³-hybridized carbons (Fsp3) is 0.360. The molecule has 1 amide bonds. The first-order valence-electron chi connectivity index (χ1n) is 12.5. The van der Waals surface area contributed by atoms with E-state index in [0.717, 1.165) is 37.9 Å². The van der Waals surface area contributed by atoms with Crippen molar-refractivity contribution in [1.82, 2.24) is 34.9 Å². The van der Waals surface area contributed by atoms with Gasteiger partial charge in [-0.2, -0.15) is 15.1 Å². The van der Waals surface area contributed by atoms with E-state index >= 15 is 0 Å². The van der Waals surface area contributed by atoms with Crippen molar-refractivity contribution in [3.05, 3.63) is 59.7 Å². The number of rotatable bonds is 8. The number of aromatic nitrogens is 6. The molecule has 5 heterocycles. The Morgan fingerprint density at radius 1 is 1.19 bits per heavy atom. The SMILES string of the molecule is CCOC(=O)c1cc2nc(N3CCCC3c3ccccn3)nc(Nc3cc(C(=O)NC4CC4)[nH]n3)n2c1. The van der Waals surface area contributed by atoms with Gasteiger partial charge >= 0.3 is 5.97 Å². The lowest BCUT2D eigenvalue weighted by Crippen LogP contribution is -2.26. The normalized spacial score (nSPS) is 17.2. The minimum atomic E-state index is -0.438. The Kier molecular flexibility index (Phi) is 5.91. The number of nitrogens with zero attached hydrogens (tertiary/aromatic N) is 6. The molecule has 0 spiro atoms. The molecule has 6 rings (SSSR count). The number of carbonyl (C=O) groups excluding carboxylic acids is 2. The van der Waals surface area contributed by atoms with Crippen molar-refractivity contribution in [3.8, 4) is 0 Å². The number of pyridine rings is 1. The third-order valence-corrected chi connectivity index (χ3v) is 6.47. The third-order valence-electron chi connectivity index (χ3n) is 6.47. The van der Waals surface area contributed by atoms with Gasteiger partial charge in [-0.25, -0.2) is 4.79 Å². The zero-order chi connectivity index (χ0) is 25.4. The molecule has 4 aromatic heterocycles. The second-order valence-corrected chi connectivity index (χ2v) is 9.17. The minimum Gasteiger partial charge on any atom is -0.462 e. The lowest BCUT2D eigenvalue weighted by molar-refractivity contribution is 0.0526. The maximum atomic E-state index is 12.4. The van der Waals surface area contributed by atoms with E-state index in [0.29, 0.717) is 34.6 Å². The van der Waals surface area contributed by atoms with Gasteiger partial charge in [-0.3, -0.25) is 19.3 Å². The summed E-state index contributed by atoms with van der Waals surface area (Å²) in [5, 5.41) is 13.1. The zero-order valence-electron chi connectivity index (χ0n) is 20.3. The van der Waals surface area contributed by atoms with E-state index in [1.807, 2.05) is 18.2 Å². The van der Waals surface area contributed by atoms with Crippen molar-refractivity contribution in [2.75, 3.05) is 23.4 Å². The van der Waals surface area contributed by atoms with Crippen molar-refractivity contribution in [2.24, 2.45) is 0 Å². The maximum absolute atomic E-state index is 12.4. The van der Waals surface area contributed by atoms with Crippen LogP contribution in [0, 0.1) is 0 Å². The van der Waals surface area contributed by atoms with E-state index in [9.17, 15) is 9.59 Å². The van der Waals surface area contributed by atoms with Crippen LogP contribution in [0.15, 0.2) is 42.7 Å². The van der Waals surface area contributed by atoms with Gasteiger partial charge in [0.1, 0.15) is 11.3 Å². The molecule has 3 N–H and O–H groups in total. The predicted molar refractivity (Wildman–Crippen MR) is 135 cm³/mol. The van der Waals surface area contributed by atoms with Crippen LogP contribution in [0.3, 0.4) is 0 Å². The molecule has 1 saturated carbocycles. The van der Waals surface area contributed by atoms with Crippen LogP contribution in [0.25, 0.3) is 5.65 Å². The lowest BCUT2D eigenvalue weighted by atomic mass is 10.1. The highest BCUT2D eigenvalue weighted by Gasteiger charge is 2.30. The van der Waals surface area contributed by atoms with Crippen LogP contribution in [0.4, 0.5) is 17.7 Å². The molecule has 2 fully saturated rings. The molecule has 1 aliphatic heterocycles. The number of hydrogen-bond acceptors (Lipinski definition) is 9. The highest BCUT2D eigenvalue weighted by atomic mass is 16.5. The van der Waals surface area contributed by atoms with Gasteiger partial charge in [0.15, 0.2) is 5.82 Å². The fourth-order valence-electron chi connectivity index (χ4n) is 4.52. The first-order valence-corrected chi connectivity index (χ1v) is 12.5. The molecule has 37 heavy (non-hydrogen) atoms. The number of H-pyrrole nitrogens is 1. The van der Waals surface area contributed by atoms with Crippen molar-refractivity contribution < 1.29 is 14.3 Å². The summed E-state index contributed by atoms with van der Waals surface area (Å²) < 4.78 is 6.87. The number of carbonyl (C=O) groups is 2. The number of ether oxygens (including phenoxy) is 1. The molecular formula is C25H27N9O3. The number of esters is 1. The quantitative estimate of drug-likeness (QED) is 0.311. The molecule has 1 unspecified atom stereocenters. The van der Waals surface area contributed by atoms with Gasteiger partial charge < -0.3 is 20.3 Å². The monoisotopic (exact) mass is 501 g/mol. The van der Waals surface area contributed by atoms with Gasteiger partial charge in [0.05, 0.1) is 23.9 Å². The minimum absolute atomic E-state index is 0.0408. The molecule has 12 heteroatoms. The smallest absolute Gasteiger partial charge is 0.339 e. The van der Waals surface area contributed by atoms with Gasteiger partial charge in [0.25, 0.3) is 5.91 Å². The summed E-state index contributed by atoms with van der Waals surface area (Å²) >= 11 is 0. The predicted octanol–water partition coefficient (Wildman–Crippen LogP) is 3.00. The Bertz CT molecular complexity index is 1440. The molecular weight excluding hydrogens is 474 g/mol. The number of fused-ring (bicyclic) bond motifs is 1. The summed E-state index contributed by atoms with van der Waals surface area (Å²) in [5.41, 5.74) is 2.21. The molecule has 190 valence electrons. The van der Waals surface area contributed by atoms with E-state index in [2.05, 4.69) is 30.7 Å². The lowest BCUT2D eigenvalue weighted by Gasteiger charge is -2.24. The third kappa shape index (κ3) is 4.69. The molecule has 4 aromatic rings. The van der Waals surface area contributed by atoms with Crippen LogP contribution >= 0.6 is 0 Å². The molecule has 12 nitrogen and oxygen atoms in total. The van der Waals surface area contributed by atoms with Gasteiger partial charge in [0, 0.05) is 31.0 Å². The van der Waals surface area contributed by atoms with Gasteiger partial charge in [-0.05, 0) is 50.8 Å². The van der Waals surface area contributed by atoms with Gasteiger partial charge in [-0.1, -0.05) is 6.07 Å². The zero-order valence-corrected chi connectivity index (χ0v) is 20.3. The molecule has 0 radical (unpaired) electrons. The first kappa shape index (κ1) is 23.0. The van der Waals surface area contributed by atoms with Gasteiger partial charge in [0.2, 0.25) is 11.9 Å². The van der Waals surface area contributed by atoms with Crippen molar-refractivity contribution in [1.29, 1.82) is 0 Å². The van der Waals surface area contributed by atoms with Gasteiger partial charge in [-0.15, -0.1) is 0 Å². The number of aromatic amines is 1. The van der Waals surface area contributed by atoms with E-state index < -0.39 is 5.97 Å². The first-order chi connectivity index (χ1) is 18.1. The standard InChI is InChI=1S/C25H27N9O3/c1-2-37-23(36)15-12-21-29-25(33-11-5-7-19(33)17-6-3-4-10-26-17)30-24(34(21)14-15)28-20-13-18(31-32-20)22(35)27-16-8-9-16/h3-4,6,10,12-14,16,19H,2,5,7-9,11H2,1H3,(H,27,35)(H2,28,29,30,31,32). The van der Waals surface area contributed by atoms with Crippen LogP contribution < -0.4 is 15.5 Å². The number of anilines is 3. The molecule has 1 atom stereocenters. The van der Waals surface area contributed by atoms with Crippen LogP contribution in [-0.2, 0) is 4.74 Å². The van der Waals surface area contributed by atoms with Crippen molar-refractivity contribution in [2.45, 2.75) is 44.7 Å². The topological polar surface area (TPSA) is 142 Å². The Balaban J connectivity index is 1.36. The van der Waals surface area contributed by atoms with E-state index in [4.69, 9.17) is 14.7 Å². The summed E-state index contributed by atoms with van der Waals surface area (Å²) in [6, 6.07) is 9.47. The highest BCUT2D eigenvalue weighted by molar-refractivity contribution is 5.93. The van der Waals surface area contributed by atoms with E-state index in [-0.39, 0.29) is 24.6 Å². The summed E-state index contributed by atoms with van der Waals surface area (Å²) in [4.78, 5) is 41.1. The maximum Gasteiger partial charge on any atom is 0.339 e. The van der Waals surface area contributed by atoms with E-state index in [1.54, 1.807) is 35.9 Å². The van der Waals surface area contributed by atoms with E-state index in [1.165, 1.54) is 0 Å². The Morgan fingerprint density at radius 2 is 2.08 bits per heavy atom. The Morgan fingerprint density at radius 3 is 2.86 bits per heavy atom. The van der Waals surface area contributed by atoms with Crippen molar-refractivity contribution in [3.63, 3.8) is 0 Å². The molecule has 1 aliphatic carbocycles. The summed E-state index contributed by atoms with van der Waals surface area (Å²) in [5.74, 6) is 0.701. The number of hydrogen-bond donors (Lipinski definition) is 3. The van der Waals surface area contributed by atoms with Crippen molar-refractivity contribution >= 4 is 35.2 Å². The van der Waals surface area contributed by atoms with Crippen LogP contribution in [0.2, 0.25) is 0 Å². The second-order valence-electron chi connectivity index (χ2n) is 9.17. The molecule has 0 bridgehead atoms. The Hall–Kier alpha value is -4.48. The Labute approximate surface area is 212 Å². The number of amides is 1. The highest BCUT2D eigenvalue weighted by Crippen LogP contribution is 2.34. The summed E-state index contributed by atoms with van der Waals surface area (Å²) in [6.45, 7) is 2.81. The molecule has 2 aliphatic rings. The van der Waals surface area contributed by atoms with Crippen LogP contribution in [0.5, 0.6) is 0 Å². The average Bonchev–Trinajstić information content (AvgIpc) is 3.30. The molecule has 1 saturated heterocycles. The summed E-state index contributed by atoms with van der Waals surface area (Å²) in [7, 11) is 0. The largest absolute Gasteiger partial charge is 0.462 e. The fourth-order valence-corrected chi connectivity index (χ4v) is 4.52. The van der Waals surface area contributed by atoms with Crippen LogP contribution in [0.1, 0.15) is 65.2 Å². The second kappa shape index (κ2) is 9.52. The summed E-state index contributed by atoms with van der Waals surface area (Å²) in [6.07, 6.45) is 7.33. The molecule has 0 aromatic carbocycles. The number of nitrogens with one attached hydrogen (secondary N) is 3.